The van der Waals surface area contributed by atoms with Gasteiger partial charge in [-0.15, -0.1) is 0 Å². The van der Waals surface area contributed by atoms with E-state index in [2.05, 4.69) is 231 Å². The van der Waals surface area contributed by atoms with Crippen LogP contribution in [0.2, 0.25) is 0 Å². The van der Waals surface area contributed by atoms with Gasteiger partial charge in [-0.05, 0) is 103 Å². The maximum Gasteiger partial charge on any atom is 0.143 e. The van der Waals surface area contributed by atoms with Crippen LogP contribution >= 0.6 is 0 Å². The Kier molecular flexibility index (Phi) is 7.92. The van der Waals surface area contributed by atoms with E-state index in [-0.39, 0.29) is 5.41 Å². The summed E-state index contributed by atoms with van der Waals surface area (Å²) in [4.78, 5) is 2.47. The molecule has 1 heterocycles. The number of benzene rings is 10. The molecule has 0 saturated carbocycles. The van der Waals surface area contributed by atoms with E-state index in [4.69, 9.17) is 4.42 Å². The maximum absolute atomic E-state index is 6.60. The van der Waals surface area contributed by atoms with Gasteiger partial charge in [-0.1, -0.05) is 184 Å². The van der Waals surface area contributed by atoms with Crippen molar-refractivity contribution in [1.29, 1.82) is 0 Å². The Morgan fingerprint density at radius 1 is 0.393 bits per heavy atom. The summed E-state index contributed by atoms with van der Waals surface area (Å²) in [6.45, 7) is 4.71. The van der Waals surface area contributed by atoms with Crippen LogP contribution in [-0.2, 0) is 5.41 Å². The van der Waals surface area contributed by atoms with Gasteiger partial charge in [0.2, 0.25) is 0 Å². The van der Waals surface area contributed by atoms with Crippen molar-refractivity contribution in [3.05, 3.63) is 223 Å². The number of anilines is 3. The Hall–Kier alpha value is -7.68. The maximum atomic E-state index is 6.60. The van der Waals surface area contributed by atoms with Crippen LogP contribution in [0.15, 0.2) is 217 Å². The number of hydrogen-bond donors (Lipinski definition) is 0. The average molecular weight is 780 g/mol. The van der Waals surface area contributed by atoms with Crippen LogP contribution in [-0.4, -0.2) is 0 Å². The Labute approximate surface area is 355 Å². The van der Waals surface area contributed by atoms with E-state index in [0.717, 1.165) is 55.5 Å². The minimum atomic E-state index is -0.106. The van der Waals surface area contributed by atoms with Crippen LogP contribution in [0, 0.1) is 0 Å². The molecule has 0 unspecified atom stereocenters. The Morgan fingerprint density at radius 2 is 0.984 bits per heavy atom. The molecule has 0 bridgehead atoms. The van der Waals surface area contributed by atoms with Crippen LogP contribution in [0.1, 0.15) is 25.0 Å². The van der Waals surface area contributed by atoms with E-state index in [1.165, 1.54) is 60.7 Å². The van der Waals surface area contributed by atoms with E-state index < -0.39 is 0 Å². The molecule has 0 fully saturated rings. The van der Waals surface area contributed by atoms with Crippen molar-refractivity contribution in [2.24, 2.45) is 0 Å². The zero-order valence-corrected chi connectivity index (χ0v) is 34.1. The van der Waals surface area contributed by atoms with E-state index >= 15 is 0 Å². The molecule has 0 radical (unpaired) electrons. The predicted molar refractivity (Wildman–Crippen MR) is 257 cm³/mol. The van der Waals surface area contributed by atoms with Gasteiger partial charge < -0.3 is 9.32 Å². The highest BCUT2D eigenvalue weighted by molar-refractivity contribution is 6.19. The minimum absolute atomic E-state index is 0.106. The van der Waals surface area contributed by atoms with Crippen LogP contribution in [0.3, 0.4) is 0 Å². The lowest BCUT2D eigenvalue weighted by Crippen LogP contribution is -2.15. The number of rotatable bonds is 6. The molecule has 288 valence electrons. The van der Waals surface area contributed by atoms with Crippen LogP contribution < -0.4 is 4.90 Å². The smallest absolute Gasteiger partial charge is 0.143 e. The largest absolute Gasteiger partial charge is 0.455 e. The number of hydrogen-bond acceptors (Lipinski definition) is 2. The van der Waals surface area contributed by atoms with E-state index in [9.17, 15) is 0 Å². The Balaban J connectivity index is 1.07. The van der Waals surface area contributed by atoms with Gasteiger partial charge in [0.1, 0.15) is 11.2 Å². The van der Waals surface area contributed by atoms with Gasteiger partial charge in [-0.25, -0.2) is 0 Å². The molecule has 0 atom stereocenters. The quantitative estimate of drug-likeness (QED) is 0.167. The highest BCUT2D eigenvalue weighted by Gasteiger charge is 2.37. The molecule has 0 spiro atoms. The van der Waals surface area contributed by atoms with Gasteiger partial charge in [0.25, 0.3) is 0 Å². The lowest BCUT2D eigenvalue weighted by Gasteiger charge is -2.30. The summed E-state index contributed by atoms with van der Waals surface area (Å²) in [5.74, 6) is 0. The van der Waals surface area contributed by atoms with Crippen molar-refractivity contribution >= 4 is 60.5 Å². The van der Waals surface area contributed by atoms with E-state index in [1.54, 1.807) is 0 Å². The SMILES string of the molecule is CC1(C)c2ccccc2-c2c(-c3ccccc3N(c3ccc(-c4cccc5oc6c7ccccc7ccc6c45)cc3)c3ccccc3-c3ccc4ccccc4c3)cccc21. The molecule has 61 heavy (non-hydrogen) atoms. The molecule has 2 heteroatoms. The summed E-state index contributed by atoms with van der Waals surface area (Å²) in [6, 6.07) is 77.5. The fourth-order valence-corrected chi connectivity index (χ4v) is 10.1. The monoisotopic (exact) mass is 779 g/mol. The molecule has 1 aliphatic rings. The predicted octanol–water partition coefficient (Wildman–Crippen LogP) is 16.7. The van der Waals surface area contributed by atoms with Crippen molar-refractivity contribution in [2.45, 2.75) is 19.3 Å². The summed E-state index contributed by atoms with van der Waals surface area (Å²) >= 11 is 0. The average Bonchev–Trinajstić information content (AvgIpc) is 3.82. The molecule has 0 aliphatic heterocycles. The molecular formula is C59H41NO. The molecule has 0 amide bonds. The molecule has 0 N–H and O–H groups in total. The number of furan rings is 1. The summed E-state index contributed by atoms with van der Waals surface area (Å²) in [7, 11) is 0. The van der Waals surface area contributed by atoms with Crippen molar-refractivity contribution < 1.29 is 4.42 Å². The first kappa shape index (κ1) is 35.3. The molecule has 2 nitrogen and oxygen atoms in total. The molecule has 1 aliphatic carbocycles. The Bertz CT molecular complexity index is 3520. The molecular weight excluding hydrogens is 739 g/mol. The molecule has 1 aromatic heterocycles. The lowest BCUT2D eigenvalue weighted by atomic mass is 9.82. The summed E-state index contributed by atoms with van der Waals surface area (Å²) in [6.07, 6.45) is 0. The molecule has 11 aromatic rings. The van der Waals surface area contributed by atoms with E-state index in [1.807, 2.05) is 0 Å². The standard InChI is InChI=1S/C59H41NO/c1-59(2)51-24-10-7-21-49(51)56-48(23-13-25-52(56)59)47-20-9-12-27-54(47)60(53-26-11-8-18-44(53)42-30-29-38-15-3-4-17-41(38)37-42)43-34-31-40(32-35-43)45-22-14-28-55-57(45)50-36-33-39-16-5-6-19-46(39)58(50)61-55/h3-37H,1-2H3. The minimum Gasteiger partial charge on any atom is -0.455 e. The van der Waals surface area contributed by atoms with E-state index in [0.29, 0.717) is 0 Å². The number of fused-ring (bicyclic) bond motifs is 9. The third kappa shape index (κ3) is 5.49. The highest BCUT2D eigenvalue weighted by atomic mass is 16.3. The fraction of sp³-hybridized carbons (Fsp3) is 0.0508. The van der Waals surface area contributed by atoms with Crippen molar-refractivity contribution in [2.75, 3.05) is 4.90 Å². The summed E-state index contributed by atoms with van der Waals surface area (Å²) < 4.78 is 6.60. The zero-order valence-electron chi connectivity index (χ0n) is 34.1. The molecule has 12 rings (SSSR count). The third-order valence-electron chi connectivity index (χ3n) is 13.1. The second-order valence-electron chi connectivity index (χ2n) is 16.8. The van der Waals surface area contributed by atoms with Gasteiger partial charge in [-0.3, -0.25) is 0 Å². The normalized spacial score (nSPS) is 12.9. The Morgan fingerprint density at radius 3 is 1.82 bits per heavy atom. The van der Waals surface area contributed by atoms with Crippen molar-refractivity contribution in [1.82, 2.24) is 0 Å². The zero-order chi connectivity index (χ0) is 40.7. The van der Waals surface area contributed by atoms with Gasteiger partial charge in [0.15, 0.2) is 0 Å². The highest BCUT2D eigenvalue weighted by Crippen LogP contribution is 2.54. The summed E-state index contributed by atoms with van der Waals surface area (Å²) in [5.41, 5.74) is 17.5. The van der Waals surface area contributed by atoms with Gasteiger partial charge >= 0.3 is 0 Å². The first-order chi connectivity index (χ1) is 30.0. The van der Waals surface area contributed by atoms with Gasteiger partial charge in [-0.2, -0.15) is 0 Å². The van der Waals surface area contributed by atoms with Crippen LogP contribution in [0.5, 0.6) is 0 Å². The second kappa shape index (κ2) is 13.7. The van der Waals surface area contributed by atoms with Gasteiger partial charge in [0.05, 0.1) is 11.4 Å². The molecule has 0 saturated heterocycles. The van der Waals surface area contributed by atoms with Gasteiger partial charge in [0, 0.05) is 38.4 Å². The van der Waals surface area contributed by atoms with Crippen molar-refractivity contribution in [3.8, 4) is 44.5 Å². The third-order valence-corrected chi connectivity index (χ3v) is 13.1. The second-order valence-corrected chi connectivity index (χ2v) is 16.8. The van der Waals surface area contributed by atoms with Crippen LogP contribution in [0.4, 0.5) is 17.1 Å². The first-order valence-electron chi connectivity index (χ1n) is 21.2. The fourth-order valence-electron chi connectivity index (χ4n) is 10.1. The first-order valence-corrected chi connectivity index (χ1v) is 21.2. The topological polar surface area (TPSA) is 16.4 Å². The number of para-hydroxylation sites is 2. The lowest BCUT2D eigenvalue weighted by molar-refractivity contribution is 0.660. The molecule has 10 aromatic carbocycles. The number of nitrogens with zero attached hydrogens (tertiary/aromatic N) is 1. The van der Waals surface area contributed by atoms with Crippen LogP contribution in [0.25, 0.3) is 88.0 Å². The summed E-state index contributed by atoms with van der Waals surface area (Å²) in [5, 5.41) is 7.04. The van der Waals surface area contributed by atoms with Crippen molar-refractivity contribution in [3.63, 3.8) is 0 Å².